The Morgan fingerprint density at radius 2 is 0.608 bits per heavy atom. The molecular weight excluding hydrogens is 1230 g/mol. The Kier molecular flexibility index (Phi) is 9.39. The zero-order chi connectivity index (χ0) is 65.7. The van der Waals surface area contributed by atoms with Gasteiger partial charge in [-0.05, 0) is 126 Å². The van der Waals surface area contributed by atoms with Gasteiger partial charge in [0.2, 0.25) is 0 Å². The summed E-state index contributed by atoms with van der Waals surface area (Å²) in [7, 11) is 0. The van der Waals surface area contributed by atoms with Gasteiger partial charge < -0.3 is 17.6 Å². The molecule has 0 aliphatic heterocycles. The number of para-hydroxylation sites is 4. The van der Waals surface area contributed by atoms with Crippen molar-refractivity contribution in [2.45, 2.75) is 10.8 Å². The van der Waals surface area contributed by atoms with Crippen LogP contribution in [-0.2, 0) is 10.8 Å². The van der Waals surface area contributed by atoms with E-state index in [0.29, 0.717) is 0 Å². The topological polar surface area (TPSA) is 17.6 Å². The van der Waals surface area contributed by atoms with Gasteiger partial charge in [-0.1, -0.05) is 279 Å². The minimum atomic E-state index is -0.607. The first kappa shape index (κ1) is 52.8. The molecule has 0 fully saturated rings. The summed E-state index contributed by atoms with van der Waals surface area (Å²) in [6.45, 7) is 0. The average molecular weight is 1290 g/mol. The fourth-order valence-electron chi connectivity index (χ4n) is 21.5. The first-order valence-corrected chi connectivity index (χ1v) is 35.8. The van der Waals surface area contributed by atoms with Crippen LogP contribution in [0.3, 0.4) is 0 Å². The molecule has 0 amide bonds. The third-order valence-electron chi connectivity index (χ3n) is 25.0. The highest BCUT2D eigenvalue weighted by Crippen LogP contribution is 2.63. The lowest BCUT2D eigenvalue weighted by molar-refractivity contribution is 0.769. The van der Waals surface area contributed by atoms with E-state index in [4.69, 9.17) is 0 Å². The summed E-state index contributed by atoms with van der Waals surface area (Å²) in [5.41, 5.74) is 31.8. The normalized spacial score (nSPS) is 14.2. The first-order valence-electron chi connectivity index (χ1n) is 35.8. The maximum atomic E-state index is 2.67. The molecule has 466 valence electrons. The average Bonchev–Trinajstić information content (AvgIpc) is 1.47. The SMILES string of the molecule is c1ccc(C2(c3ccccc3)c3ccccc3-c3c2ccc2c3c3c4c5cccc6c7ccccc7n(c4cc4c7ccc(-c8cccc9c8c8cccc%10c%11c%12c%13c%14c(ccc%13n%13c%15ccccc%15c(cc%11n9c8%10)c%12%13)-c8ccccc8C%14(c8ccccc8)c8ccccc8)cc7n2c43)c65)cc1. The molecule has 0 radical (unpaired) electrons. The molecule has 16 aromatic carbocycles. The highest BCUT2D eigenvalue weighted by Gasteiger charge is 2.50. The van der Waals surface area contributed by atoms with E-state index in [1.165, 1.54) is 230 Å². The van der Waals surface area contributed by atoms with Crippen LogP contribution in [-0.4, -0.2) is 17.6 Å². The van der Waals surface area contributed by atoms with Gasteiger partial charge in [0.05, 0.1) is 77.0 Å². The van der Waals surface area contributed by atoms with Crippen LogP contribution >= 0.6 is 0 Å². The summed E-state index contributed by atoms with van der Waals surface area (Å²) in [5, 5.41) is 20.6. The second kappa shape index (κ2) is 18.1. The third-order valence-corrected chi connectivity index (χ3v) is 25.0. The van der Waals surface area contributed by atoms with E-state index in [0.717, 1.165) is 0 Å². The first-order chi connectivity index (χ1) is 50.7. The van der Waals surface area contributed by atoms with Crippen LogP contribution < -0.4 is 0 Å². The zero-order valence-corrected chi connectivity index (χ0v) is 55.0. The maximum Gasteiger partial charge on any atom is 0.0720 e. The van der Waals surface area contributed by atoms with Crippen LogP contribution in [0.25, 0.3) is 186 Å². The zero-order valence-electron chi connectivity index (χ0n) is 55.0. The van der Waals surface area contributed by atoms with Gasteiger partial charge in [0.25, 0.3) is 0 Å². The van der Waals surface area contributed by atoms with Gasteiger partial charge in [-0.25, -0.2) is 0 Å². The summed E-state index contributed by atoms with van der Waals surface area (Å²) in [6.07, 6.45) is 0. The summed E-state index contributed by atoms with van der Waals surface area (Å²) in [4.78, 5) is 0. The Labute approximate surface area is 582 Å². The van der Waals surface area contributed by atoms with Crippen molar-refractivity contribution in [3.8, 4) is 33.4 Å². The standard InChI is InChI=1S/C98H54N4/c1-5-24-56(25-6-1)97(57-26-7-2-8-27-57)74-42-18-14-35-67(74)85-75(97)49-51-79-88(85)90-86-69-39-21-37-66-62-33-15-19-43-76(62)100(93(66)69)82(86)54-72-64-47-46-55(52-81(64)101(79)95(72)90)60-36-23-45-78-84(60)68-38-22-40-70-87-83(102(78)94(68)70)53-71-63-34-16-20-44-77(63)99-80-50-48-65-61-32-13-17-41-73(61)98(58-28-9-3-10-29-58,59-30-11-4-12-31-59)92(65)89(80)91(87)96(71)99/h1-54H. The Morgan fingerprint density at radius 3 is 1.25 bits per heavy atom. The summed E-state index contributed by atoms with van der Waals surface area (Å²) >= 11 is 0. The molecule has 4 nitrogen and oxygen atoms in total. The van der Waals surface area contributed by atoms with Crippen molar-refractivity contribution < 1.29 is 0 Å². The van der Waals surface area contributed by atoms with Crippen molar-refractivity contribution in [2.75, 3.05) is 0 Å². The van der Waals surface area contributed by atoms with Crippen molar-refractivity contribution in [1.29, 1.82) is 0 Å². The Balaban J connectivity index is 0.782. The van der Waals surface area contributed by atoms with E-state index in [2.05, 4.69) is 345 Å². The van der Waals surface area contributed by atoms with Crippen LogP contribution in [0, 0.1) is 0 Å². The lowest BCUT2D eigenvalue weighted by atomic mass is 9.66. The molecule has 0 spiro atoms. The fraction of sp³-hybridized carbons (Fsp3) is 0.0204. The number of hydrogen-bond donors (Lipinski definition) is 0. The molecule has 0 N–H and O–H groups in total. The molecule has 4 heteroatoms. The van der Waals surface area contributed by atoms with Gasteiger partial charge in [-0.15, -0.1) is 0 Å². The van der Waals surface area contributed by atoms with E-state index in [1.807, 2.05) is 0 Å². The van der Waals surface area contributed by atoms with Crippen molar-refractivity contribution in [2.24, 2.45) is 0 Å². The molecule has 0 saturated carbocycles. The lowest BCUT2D eigenvalue weighted by Gasteiger charge is -2.34. The van der Waals surface area contributed by atoms with Gasteiger partial charge in [0.15, 0.2) is 0 Å². The second-order valence-electron chi connectivity index (χ2n) is 29.1. The molecule has 24 aromatic rings. The molecule has 0 unspecified atom stereocenters. The quantitative estimate of drug-likeness (QED) is 0.163. The van der Waals surface area contributed by atoms with Gasteiger partial charge in [-0.3, -0.25) is 0 Å². The van der Waals surface area contributed by atoms with Gasteiger partial charge in [0.1, 0.15) is 0 Å². The van der Waals surface area contributed by atoms with Crippen LogP contribution in [0.2, 0.25) is 0 Å². The smallest absolute Gasteiger partial charge is 0.0720 e. The Bertz CT molecular complexity index is 7760. The second-order valence-corrected chi connectivity index (χ2v) is 29.1. The summed E-state index contributed by atoms with van der Waals surface area (Å²) in [6, 6.07) is 126. The predicted octanol–water partition coefficient (Wildman–Crippen LogP) is 24.7. The molecule has 102 heavy (non-hydrogen) atoms. The number of nitrogens with zero attached hydrogens (tertiary/aromatic N) is 4. The molecule has 0 saturated heterocycles. The van der Waals surface area contributed by atoms with E-state index in [1.54, 1.807) is 0 Å². The number of aromatic nitrogens is 4. The molecule has 0 bridgehead atoms. The maximum absolute atomic E-state index is 2.67. The van der Waals surface area contributed by atoms with Crippen LogP contribution in [0.15, 0.2) is 328 Å². The van der Waals surface area contributed by atoms with Gasteiger partial charge >= 0.3 is 0 Å². The van der Waals surface area contributed by atoms with E-state index < -0.39 is 10.8 Å². The van der Waals surface area contributed by atoms with Crippen molar-refractivity contribution in [1.82, 2.24) is 17.6 Å². The third kappa shape index (κ3) is 5.79. The molecule has 0 atom stereocenters. The minimum absolute atomic E-state index is 0.564. The molecule has 2 aliphatic rings. The van der Waals surface area contributed by atoms with Crippen molar-refractivity contribution in [3.63, 3.8) is 0 Å². The van der Waals surface area contributed by atoms with Gasteiger partial charge in [0, 0.05) is 86.2 Å². The fourth-order valence-corrected chi connectivity index (χ4v) is 21.5. The predicted molar refractivity (Wildman–Crippen MR) is 425 cm³/mol. The van der Waals surface area contributed by atoms with Crippen LogP contribution in [0.4, 0.5) is 0 Å². The molecule has 8 aromatic heterocycles. The van der Waals surface area contributed by atoms with Crippen molar-refractivity contribution in [3.05, 3.63) is 372 Å². The number of benzene rings is 16. The molecular formula is C98H54N4. The summed E-state index contributed by atoms with van der Waals surface area (Å²) in [5.74, 6) is 0. The highest BCUT2D eigenvalue weighted by atomic mass is 15.0. The van der Waals surface area contributed by atoms with Gasteiger partial charge in [-0.2, -0.15) is 0 Å². The number of hydrogen-bond acceptors (Lipinski definition) is 0. The molecule has 2 aliphatic carbocycles. The monoisotopic (exact) mass is 1290 g/mol. The van der Waals surface area contributed by atoms with Crippen LogP contribution in [0.1, 0.15) is 44.5 Å². The van der Waals surface area contributed by atoms with E-state index >= 15 is 0 Å². The Morgan fingerprint density at radius 1 is 0.186 bits per heavy atom. The number of rotatable bonds is 5. The van der Waals surface area contributed by atoms with E-state index in [9.17, 15) is 0 Å². The van der Waals surface area contributed by atoms with Crippen LogP contribution in [0.5, 0.6) is 0 Å². The van der Waals surface area contributed by atoms with Crippen molar-refractivity contribution >= 4 is 152 Å². The molecule has 26 rings (SSSR count). The largest absolute Gasteiger partial charge is 0.308 e. The van der Waals surface area contributed by atoms with E-state index in [-0.39, 0.29) is 0 Å². The minimum Gasteiger partial charge on any atom is -0.308 e. The highest BCUT2D eigenvalue weighted by molar-refractivity contribution is 6.42. The lowest BCUT2D eigenvalue weighted by Crippen LogP contribution is -2.28. The Hall–Kier alpha value is -13.3. The summed E-state index contributed by atoms with van der Waals surface area (Å²) < 4.78 is 10.5. The number of fused-ring (bicyclic) bond motifs is 34. The molecule has 8 heterocycles.